The SMILES string of the molecule is Cc1nc(N=Nc2ccc(N(C)C)cc2)cn1CCCCCNC(=O)OC(C)(C)C. The van der Waals surface area contributed by atoms with Crippen LogP contribution in [0.2, 0.25) is 0 Å². The number of aryl methyl sites for hydroxylation is 2. The third kappa shape index (κ3) is 8.23. The van der Waals surface area contributed by atoms with Crippen molar-refractivity contribution in [2.45, 2.75) is 59.1 Å². The van der Waals surface area contributed by atoms with Crippen LogP contribution < -0.4 is 10.2 Å². The Morgan fingerprint density at radius 3 is 2.47 bits per heavy atom. The summed E-state index contributed by atoms with van der Waals surface area (Å²) in [6.07, 6.45) is 4.46. The van der Waals surface area contributed by atoms with E-state index in [1.165, 1.54) is 0 Å². The number of unbranched alkanes of at least 4 members (excludes halogenated alkanes) is 2. The van der Waals surface area contributed by atoms with E-state index in [9.17, 15) is 4.79 Å². The van der Waals surface area contributed by atoms with E-state index in [1.54, 1.807) is 0 Å². The number of rotatable bonds is 9. The molecule has 0 aliphatic heterocycles. The first-order chi connectivity index (χ1) is 14.1. The normalized spacial score (nSPS) is 11.7. The van der Waals surface area contributed by atoms with Gasteiger partial charge in [0.05, 0.1) is 11.9 Å². The summed E-state index contributed by atoms with van der Waals surface area (Å²) in [5.41, 5.74) is 1.45. The zero-order valence-corrected chi connectivity index (χ0v) is 19.0. The van der Waals surface area contributed by atoms with Gasteiger partial charge in [-0.3, -0.25) is 0 Å². The zero-order valence-electron chi connectivity index (χ0n) is 19.0. The molecule has 2 rings (SSSR count). The molecule has 0 aliphatic rings. The van der Waals surface area contributed by atoms with Gasteiger partial charge in [0.2, 0.25) is 0 Å². The first-order valence-electron chi connectivity index (χ1n) is 10.3. The number of alkyl carbamates (subject to hydrolysis) is 1. The van der Waals surface area contributed by atoms with Crippen LogP contribution in [-0.4, -0.2) is 41.9 Å². The summed E-state index contributed by atoms with van der Waals surface area (Å²) >= 11 is 0. The minimum absolute atomic E-state index is 0.362. The first kappa shape index (κ1) is 23.4. The van der Waals surface area contributed by atoms with Crippen LogP contribution in [0.25, 0.3) is 0 Å². The van der Waals surface area contributed by atoms with Crippen molar-refractivity contribution in [3.63, 3.8) is 0 Å². The number of nitrogens with one attached hydrogen (secondary N) is 1. The summed E-state index contributed by atoms with van der Waals surface area (Å²) in [7, 11) is 4.01. The molecule has 0 saturated carbocycles. The number of carbonyl (C=O) groups is 1. The summed E-state index contributed by atoms with van der Waals surface area (Å²) in [6, 6.07) is 7.90. The van der Waals surface area contributed by atoms with E-state index in [-0.39, 0.29) is 6.09 Å². The van der Waals surface area contributed by atoms with Gasteiger partial charge in [0, 0.05) is 32.9 Å². The van der Waals surface area contributed by atoms with Crippen LogP contribution >= 0.6 is 0 Å². The number of hydrogen-bond acceptors (Lipinski definition) is 6. The van der Waals surface area contributed by atoms with Crippen LogP contribution in [-0.2, 0) is 11.3 Å². The third-order valence-corrected chi connectivity index (χ3v) is 4.34. The third-order valence-electron chi connectivity index (χ3n) is 4.34. The van der Waals surface area contributed by atoms with Crippen molar-refractivity contribution >= 4 is 23.3 Å². The number of aromatic nitrogens is 2. The number of anilines is 1. The van der Waals surface area contributed by atoms with Gasteiger partial charge in [-0.15, -0.1) is 10.2 Å². The fraction of sp³-hybridized carbons (Fsp3) is 0.545. The quantitative estimate of drug-likeness (QED) is 0.442. The van der Waals surface area contributed by atoms with Crippen LogP contribution in [0, 0.1) is 6.92 Å². The molecule has 0 bridgehead atoms. The van der Waals surface area contributed by atoms with Crippen molar-refractivity contribution in [1.29, 1.82) is 0 Å². The second kappa shape index (κ2) is 10.8. The molecule has 0 fully saturated rings. The Kier molecular flexibility index (Phi) is 8.38. The fourth-order valence-electron chi connectivity index (χ4n) is 2.78. The molecule has 0 unspecified atom stereocenters. The molecule has 8 nitrogen and oxygen atoms in total. The first-order valence-corrected chi connectivity index (χ1v) is 10.3. The lowest BCUT2D eigenvalue weighted by Crippen LogP contribution is -2.33. The summed E-state index contributed by atoms with van der Waals surface area (Å²) in [4.78, 5) is 18.1. The van der Waals surface area contributed by atoms with E-state index in [4.69, 9.17) is 4.74 Å². The number of benzene rings is 1. The van der Waals surface area contributed by atoms with Gasteiger partial charge >= 0.3 is 6.09 Å². The zero-order chi connectivity index (χ0) is 22.1. The highest BCUT2D eigenvalue weighted by Gasteiger charge is 2.15. The van der Waals surface area contributed by atoms with Crippen molar-refractivity contribution in [2.24, 2.45) is 10.2 Å². The average molecular weight is 415 g/mol. The van der Waals surface area contributed by atoms with Crippen molar-refractivity contribution < 1.29 is 9.53 Å². The molecule has 164 valence electrons. The van der Waals surface area contributed by atoms with Gasteiger partial charge in [0.1, 0.15) is 11.4 Å². The maximum atomic E-state index is 11.6. The average Bonchev–Trinajstić information content (AvgIpc) is 3.01. The van der Waals surface area contributed by atoms with Crippen LogP contribution in [0.4, 0.5) is 22.0 Å². The van der Waals surface area contributed by atoms with E-state index in [1.807, 2.05) is 77.2 Å². The second-order valence-electron chi connectivity index (χ2n) is 8.44. The van der Waals surface area contributed by atoms with Gasteiger partial charge in [-0.2, -0.15) is 0 Å². The lowest BCUT2D eigenvalue weighted by atomic mass is 10.2. The van der Waals surface area contributed by atoms with Crippen molar-refractivity contribution in [1.82, 2.24) is 14.9 Å². The second-order valence-corrected chi connectivity index (χ2v) is 8.44. The topological polar surface area (TPSA) is 84.1 Å². The van der Waals surface area contributed by atoms with E-state index in [0.29, 0.717) is 12.4 Å². The number of azo groups is 1. The van der Waals surface area contributed by atoms with Crippen molar-refractivity contribution in [2.75, 3.05) is 25.5 Å². The van der Waals surface area contributed by atoms with Gasteiger partial charge in [-0.05, 0) is 71.2 Å². The Morgan fingerprint density at radius 2 is 1.83 bits per heavy atom. The number of imidazole rings is 1. The summed E-state index contributed by atoms with van der Waals surface area (Å²) in [5, 5.41) is 11.3. The van der Waals surface area contributed by atoms with Crippen LogP contribution in [0.15, 0.2) is 40.7 Å². The molecule has 30 heavy (non-hydrogen) atoms. The molecule has 0 radical (unpaired) electrons. The number of nitrogens with zero attached hydrogens (tertiary/aromatic N) is 5. The maximum absolute atomic E-state index is 11.6. The molecular weight excluding hydrogens is 380 g/mol. The highest BCUT2D eigenvalue weighted by molar-refractivity contribution is 5.67. The molecule has 8 heteroatoms. The van der Waals surface area contributed by atoms with E-state index in [2.05, 4.69) is 25.1 Å². The number of carbonyl (C=O) groups excluding carboxylic acids is 1. The highest BCUT2D eigenvalue weighted by atomic mass is 16.6. The van der Waals surface area contributed by atoms with E-state index >= 15 is 0 Å². The van der Waals surface area contributed by atoms with Gasteiger partial charge < -0.3 is 19.5 Å². The number of amides is 1. The maximum Gasteiger partial charge on any atom is 0.407 e. The van der Waals surface area contributed by atoms with Crippen LogP contribution in [0.1, 0.15) is 45.9 Å². The molecular formula is C22H34N6O2. The standard InChI is InChI=1S/C22H34N6O2/c1-17-24-20(26-25-18-10-12-19(13-11-18)27(5)6)16-28(17)15-9-7-8-14-23-21(29)30-22(2,3)4/h10-13,16H,7-9,14-15H2,1-6H3,(H,23,29). The monoisotopic (exact) mass is 414 g/mol. The lowest BCUT2D eigenvalue weighted by Gasteiger charge is -2.19. The Balaban J connectivity index is 1.73. The predicted molar refractivity (Wildman–Crippen MR) is 120 cm³/mol. The molecule has 0 atom stereocenters. The molecule has 1 heterocycles. The Morgan fingerprint density at radius 1 is 1.13 bits per heavy atom. The molecule has 1 aromatic carbocycles. The summed E-state index contributed by atoms with van der Waals surface area (Å²) in [6.45, 7) is 9.01. The predicted octanol–water partition coefficient (Wildman–Crippen LogP) is 5.37. The summed E-state index contributed by atoms with van der Waals surface area (Å²) in [5.74, 6) is 1.52. The molecule has 0 spiro atoms. The lowest BCUT2D eigenvalue weighted by molar-refractivity contribution is 0.0527. The highest BCUT2D eigenvalue weighted by Crippen LogP contribution is 2.21. The van der Waals surface area contributed by atoms with E-state index in [0.717, 1.165) is 43.0 Å². The Hall–Kier alpha value is -2.90. The van der Waals surface area contributed by atoms with Gasteiger partial charge in [0.15, 0.2) is 5.82 Å². The minimum atomic E-state index is -0.465. The van der Waals surface area contributed by atoms with Gasteiger partial charge in [-0.25, -0.2) is 9.78 Å². The number of hydrogen-bond donors (Lipinski definition) is 1. The molecule has 1 aromatic heterocycles. The smallest absolute Gasteiger partial charge is 0.407 e. The minimum Gasteiger partial charge on any atom is -0.444 e. The molecule has 0 aliphatic carbocycles. The molecule has 2 aromatic rings. The van der Waals surface area contributed by atoms with Crippen LogP contribution in [0.3, 0.4) is 0 Å². The van der Waals surface area contributed by atoms with Gasteiger partial charge in [-0.1, -0.05) is 0 Å². The van der Waals surface area contributed by atoms with Crippen molar-refractivity contribution in [3.05, 3.63) is 36.3 Å². The molecule has 1 amide bonds. The molecule has 0 saturated heterocycles. The van der Waals surface area contributed by atoms with Crippen molar-refractivity contribution in [3.8, 4) is 0 Å². The summed E-state index contributed by atoms with van der Waals surface area (Å²) < 4.78 is 7.31. The van der Waals surface area contributed by atoms with Crippen LogP contribution in [0.5, 0.6) is 0 Å². The number of ether oxygens (including phenoxy) is 1. The molecule has 1 N–H and O–H groups in total. The van der Waals surface area contributed by atoms with E-state index < -0.39 is 5.60 Å². The fourth-order valence-corrected chi connectivity index (χ4v) is 2.78. The largest absolute Gasteiger partial charge is 0.444 e. The Labute approximate surface area is 179 Å². The van der Waals surface area contributed by atoms with Gasteiger partial charge in [0.25, 0.3) is 0 Å². The Bertz CT molecular complexity index is 834.